The van der Waals surface area contributed by atoms with Crippen molar-refractivity contribution in [3.05, 3.63) is 12.3 Å². The SMILES string of the molecule is CC(=O)OC[C@H]1O[C@@H](O[C@@H]2OC=C[C@H]3CC[C@H](C)[C@@H]23)[C@H](OC(C)=O)[C@@H](OC(C)=O)[C@@H]1OC(C)=O. The second kappa shape index (κ2) is 11.2. The fourth-order valence-corrected chi connectivity index (χ4v) is 4.82. The highest BCUT2D eigenvalue weighted by atomic mass is 16.8. The maximum Gasteiger partial charge on any atom is 0.303 e. The van der Waals surface area contributed by atoms with Crippen molar-refractivity contribution in [2.45, 2.75) is 84.5 Å². The van der Waals surface area contributed by atoms with Crippen LogP contribution in [-0.4, -0.2) is 67.5 Å². The first-order valence-corrected chi connectivity index (χ1v) is 11.3. The Labute approximate surface area is 198 Å². The molecule has 0 amide bonds. The van der Waals surface area contributed by atoms with Crippen LogP contribution in [-0.2, 0) is 52.3 Å². The number of hydrogen-bond acceptors (Lipinski definition) is 11. The molecule has 0 radical (unpaired) electrons. The minimum absolute atomic E-state index is 0.0388. The molecule has 2 aliphatic heterocycles. The lowest BCUT2D eigenvalue weighted by Crippen LogP contribution is -2.63. The van der Waals surface area contributed by atoms with Crippen molar-refractivity contribution in [1.82, 2.24) is 0 Å². The van der Waals surface area contributed by atoms with Gasteiger partial charge in [-0.2, -0.15) is 0 Å². The van der Waals surface area contributed by atoms with Gasteiger partial charge < -0.3 is 33.2 Å². The summed E-state index contributed by atoms with van der Waals surface area (Å²) in [4.78, 5) is 47.1. The van der Waals surface area contributed by atoms with Gasteiger partial charge in [-0.05, 0) is 30.8 Å². The van der Waals surface area contributed by atoms with Gasteiger partial charge in [-0.1, -0.05) is 6.92 Å². The number of rotatable bonds is 7. The van der Waals surface area contributed by atoms with Crippen LogP contribution in [0, 0.1) is 17.8 Å². The molecule has 0 unspecified atom stereocenters. The summed E-state index contributed by atoms with van der Waals surface area (Å²) in [6, 6.07) is 0. The van der Waals surface area contributed by atoms with Crippen LogP contribution in [0.4, 0.5) is 0 Å². The van der Waals surface area contributed by atoms with Crippen LogP contribution in [0.25, 0.3) is 0 Å². The van der Waals surface area contributed by atoms with E-state index in [2.05, 4.69) is 6.92 Å². The lowest BCUT2D eigenvalue weighted by molar-refractivity contribution is -0.344. The Hall–Kier alpha value is -2.66. The van der Waals surface area contributed by atoms with Crippen LogP contribution in [0.2, 0.25) is 0 Å². The molecule has 0 aromatic heterocycles. The highest BCUT2D eigenvalue weighted by Crippen LogP contribution is 2.44. The third kappa shape index (κ3) is 6.26. The Bertz CT molecular complexity index is 809. The van der Waals surface area contributed by atoms with Gasteiger partial charge in [0.1, 0.15) is 12.7 Å². The van der Waals surface area contributed by atoms with E-state index in [1.54, 1.807) is 6.26 Å². The van der Waals surface area contributed by atoms with Gasteiger partial charge in [0.05, 0.1) is 6.26 Å². The van der Waals surface area contributed by atoms with Gasteiger partial charge in [0, 0.05) is 33.6 Å². The average molecular weight is 484 g/mol. The van der Waals surface area contributed by atoms with E-state index in [0.717, 1.165) is 12.8 Å². The number of allylic oxidation sites excluding steroid dienone is 1. The number of fused-ring (bicyclic) bond motifs is 1. The Morgan fingerprint density at radius 2 is 1.44 bits per heavy atom. The standard InChI is InChI=1S/C23H32O11/c1-11-6-7-16-8-9-28-22(18(11)16)34-23-21(32-15(5)27)20(31-14(4)26)19(30-13(3)25)17(33-23)10-29-12(2)24/h8-9,11,16-23H,6-7,10H2,1-5H3/t11-,16+,17+,18+,19+,20-,21+,22-,23-/m0/s1. The van der Waals surface area contributed by atoms with Gasteiger partial charge in [-0.25, -0.2) is 0 Å². The molecule has 11 heteroatoms. The molecule has 0 N–H and O–H groups in total. The van der Waals surface area contributed by atoms with Crippen LogP contribution in [0.15, 0.2) is 12.3 Å². The molecule has 34 heavy (non-hydrogen) atoms. The van der Waals surface area contributed by atoms with Gasteiger partial charge >= 0.3 is 23.9 Å². The van der Waals surface area contributed by atoms with Gasteiger partial charge in [-0.3, -0.25) is 19.2 Å². The Morgan fingerprint density at radius 1 is 0.824 bits per heavy atom. The lowest BCUT2D eigenvalue weighted by atomic mass is 9.88. The van der Waals surface area contributed by atoms with E-state index in [4.69, 9.17) is 33.2 Å². The second-order valence-electron chi connectivity index (χ2n) is 8.83. The highest BCUT2D eigenvalue weighted by Gasteiger charge is 2.54. The van der Waals surface area contributed by atoms with Gasteiger partial charge in [0.2, 0.25) is 12.6 Å². The van der Waals surface area contributed by atoms with Crippen molar-refractivity contribution in [1.29, 1.82) is 0 Å². The van der Waals surface area contributed by atoms with Crippen molar-refractivity contribution in [2.24, 2.45) is 17.8 Å². The molecule has 2 heterocycles. The molecule has 1 saturated heterocycles. The molecular weight excluding hydrogens is 452 g/mol. The molecule has 3 rings (SSSR count). The summed E-state index contributed by atoms with van der Waals surface area (Å²) in [5, 5.41) is 0. The molecule has 3 aliphatic rings. The van der Waals surface area contributed by atoms with Crippen LogP contribution >= 0.6 is 0 Å². The Balaban J connectivity index is 1.93. The monoisotopic (exact) mass is 484 g/mol. The quantitative estimate of drug-likeness (QED) is 0.385. The first kappa shape index (κ1) is 26.0. The zero-order valence-electron chi connectivity index (χ0n) is 20.0. The van der Waals surface area contributed by atoms with Crippen molar-refractivity contribution in [2.75, 3.05) is 6.61 Å². The zero-order chi connectivity index (χ0) is 25.0. The van der Waals surface area contributed by atoms with E-state index in [9.17, 15) is 19.2 Å². The average Bonchev–Trinajstić information content (AvgIpc) is 3.12. The molecule has 0 spiro atoms. The van der Waals surface area contributed by atoms with E-state index < -0.39 is 60.9 Å². The predicted octanol–water partition coefficient (Wildman–Crippen LogP) is 1.62. The number of ether oxygens (including phenoxy) is 7. The summed E-state index contributed by atoms with van der Waals surface area (Å²) < 4.78 is 39.3. The summed E-state index contributed by atoms with van der Waals surface area (Å²) in [6.07, 6.45) is -1.24. The largest absolute Gasteiger partial charge is 0.472 e. The topological polar surface area (TPSA) is 133 Å². The smallest absolute Gasteiger partial charge is 0.303 e. The number of carbonyl (C=O) groups is 4. The summed E-state index contributed by atoms with van der Waals surface area (Å²) in [7, 11) is 0. The molecule has 9 atom stereocenters. The molecule has 0 aromatic carbocycles. The van der Waals surface area contributed by atoms with Crippen molar-refractivity contribution < 1.29 is 52.3 Å². The maximum absolute atomic E-state index is 11.9. The van der Waals surface area contributed by atoms with E-state index in [1.807, 2.05) is 6.08 Å². The van der Waals surface area contributed by atoms with Gasteiger partial charge in [0.25, 0.3) is 0 Å². The Kier molecular flexibility index (Phi) is 8.53. The van der Waals surface area contributed by atoms with Crippen LogP contribution in [0.1, 0.15) is 47.5 Å². The minimum atomic E-state index is -1.28. The number of esters is 4. The fraction of sp³-hybridized carbons (Fsp3) is 0.739. The summed E-state index contributed by atoms with van der Waals surface area (Å²) in [6.45, 7) is 6.53. The first-order chi connectivity index (χ1) is 16.1. The van der Waals surface area contributed by atoms with Gasteiger partial charge in [-0.15, -0.1) is 0 Å². The van der Waals surface area contributed by atoms with E-state index in [1.165, 1.54) is 27.7 Å². The predicted molar refractivity (Wildman–Crippen MR) is 112 cm³/mol. The molecule has 1 aliphatic carbocycles. The molecule has 1 saturated carbocycles. The first-order valence-electron chi connectivity index (χ1n) is 11.3. The Morgan fingerprint density at radius 3 is 2.06 bits per heavy atom. The normalized spacial score (nSPS) is 36.6. The summed E-state index contributed by atoms with van der Waals surface area (Å²) >= 11 is 0. The molecule has 190 valence electrons. The van der Waals surface area contributed by atoms with Crippen molar-refractivity contribution in [3.8, 4) is 0 Å². The zero-order valence-corrected chi connectivity index (χ0v) is 20.0. The molecule has 11 nitrogen and oxygen atoms in total. The molecular formula is C23H32O11. The molecule has 2 fully saturated rings. The van der Waals surface area contributed by atoms with E-state index >= 15 is 0 Å². The summed E-state index contributed by atoms with van der Waals surface area (Å²) in [5.74, 6) is -2.05. The molecule has 0 aromatic rings. The van der Waals surface area contributed by atoms with Crippen molar-refractivity contribution >= 4 is 23.9 Å². The highest BCUT2D eigenvalue weighted by molar-refractivity contribution is 5.68. The second-order valence-corrected chi connectivity index (χ2v) is 8.83. The van der Waals surface area contributed by atoms with Gasteiger partial charge in [0.15, 0.2) is 18.3 Å². The van der Waals surface area contributed by atoms with Crippen LogP contribution < -0.4 is 0 Å². The minimum Gasteiger partial charge on any atom is -0.472 e. The third-order valence-electron chi connectivity index (χ3n) is 6.18. The van der Waals surface area contributed by atoms with Crippen molar-refractivity contribution in [3.63, 3.8) is 0 Å². The molecule has 0 bridgehead atoms. The number of carbonyl (C=O) groups excluding carboxylic acids is 4. The van der Waals surface area contributed by atoms with Crippen LogP contribution in [0.5, 0.6) is 0 Å². The summed E-state index contributed by atoms with van der Waals surface area (Å²) in [5.41, 5.74) is 0. The fourth-order valence-electron chi connectivity index (χ4n) is 4.82. The maximum atomic E-state index is 11.9. The van der Waals surface area contributed by atoms with E-state index in [0.29, 0.717) is 5.92 Å². The van der Waals surface area contributed by atoms with Crippen LogP contribution in [0.3, 0.4) is 0 Å². The van der Waals surface area contributed by atoms with E-state index in [-0.39, 0.29) is 18.4 Å². The third-order valence-corrected chi connectivity index (χ3v) is 6.18. The lowest BCUT2D eigenvalue weighted by Gasteiger charge is -2.45. The number of hydrogen-bond donors (Lipinski definition) is 0.